The van der Waals surface area contributed by atoms with Gasteiger partial charge in [0.25, 0.3) is 0 Å². The van der Waals surface area contributed by atoms with Crippen molar-refractivity contribution in [1.82, 2.24) is 4.98 Å². The molecule has 0 amide bonds. The highest BCUT2D eigenvalue weighted by Gasteiger charge is 2.15. The van der Waals surface area contributed by atoms with Crippen LogP contribution in [0.4, 0.5) is 0 Å². The van der Waals surface area contributed by atoms with Crippen LogP contribution in [0.2, 0.25) is 0 Å². The van der Waals surface area contributed by atoms with Gasteiger partial charge in [0.2, 0.25) is 0 Å². The molecule has 0 aliphatic carbocycles. The molecule has 0 atom stereocenters. The number of hydrogen-bond donors (Lipinski definition) is 0. The Morgan fingerprint density at radius 2 is 2.33 bits per heavy atom. The van der Waals surface area contributed by atoms with Crippen molar-refractivity contribution in [3.8, 4) is 0 Å². The number of rotatable bonds is 4. The van der Waals surface area contributed by atoms with E-state index in [1.165, 1.54) is 0 Å². The lowest BCUT2D eigenvalue weighted by molar-refractivity contribution is -0.154. The minimum Gasteiger partial charge on any atom is -0.460 e. The molecule has 1 heterocycles. The largest absolute Gasteiger partial charge is 0.460 e. The quantitative estimate of drug-likeness (QED) is 0.604. The van der Waals surface area contributed by atoms with Gasteiger partial charge in [0, 0.05) is 17.3 Å². The van der Waals surface area contributed by atoms with Crippen LogP contribution in [0.15, 0.2) is 15.9 Å². The monoisotopic (exact) mass is 245 g/mol. The summed E-state index contributed by atoms with van der Waals surface area (Å²) in [6.07, 6.45) is 2.20. The zero-order valence-corrected chi connectivity index (χ0v) is 10.8. The van der Waals surface area contributed by atoms with E-state index in [0.29, 0.717) is 6.42 Å². The average molecular weight is 245 g/mol. The Labute approximate surface area is 98.2 Å². The van der Waals surface area contributed by atoms with E-state index >= 15 is 0 Å². The third-order valence-corrected chi connectivity index (χ3v) is 3.33. The van der Waals surface area contributed by atoms with Gasteiger partial charge >= 0.3 is 5.97 Å². The smallest absolute Gasteiger partial charge is 0.307 e. The number of carbonyl (C=O) groups excluding carboxylic acids is 1. The van der Waals surface area contributed by atoms with Crippen LogP contribution in [-0.4, -0.2) is 22.3 Å². The number of nitrogens with zero attached hydrogens (tertiary/aromatic N) is 1. The van der Waals surface area contributed by atoms with Gasteiger partial charge in [-0.15, -0.1) is 11.3 Å². The van der Waals surface area contributed by atoms with Crippen molar-refractivity contribution >= 4 is 29.1 Å². The number of thioether (sulfide) groups is 1. The molecule has 0 saturated heterocycles. The third kappa shape index (κ3) is 5.79. The van der Waals surface area contributed by atoms with Gasteiger partial charge < -0.3 is 4.74 Å². The zero-order valence-electron chi connectivity index (χ0n) is 9.15. The number of ether oxygens (including phenoxy) is 1. The normalized spacial score (nSPS) is 11.4. The first kappa shape index (κ1) is 12.5. The molecule has 5 heteroatoms. The van der Waals surface area contributed by atoms with Crippen LogP contribution in [-0.2, 0) is 9.53 Å². The second-order valence-corrected chi connectivity index (χ2v) is 6.22. The van der Waals surface area contributed by atoms with E-state index < -0.39 is 0 Å². The molecule has 1 rings (SSSR count). The molecule has 0 aliphatic heterocycles. The second-order valence-electron chi connectivity index (χ2n) is 3.98. The Balaban J connectivity index is 2.18. The molecule has 15 heavy (non-hydrogen) atoms. The molecule has 1 aromatic heterocycles. The van der Waals surface area contributed by atoms with E-state index in [-0.39, 0.29) is 11.6 Å². The predicted octanol–water partition coefficient (Wildman–Crippen LogP) is 2.97. The van der Waals surface area contributed by atoms with E-state index in [0.717, 1.165) is 10.1 Å². The lowest BCUT2D eigenvalue weighted by atomic mass is 10.2. The fourth-order valence-electron chi connectivity index (χ4n) is 0.896. The molecule has 0 unspecified atom stereocenters. The van der Waals surface area contributed by atoms with Crippen molar-refractivity contribution in [1.29, 1.82) is 0 Å². The van der Waals surface area contributed by atoms with Crippen molar-refractivity contribution < 1.29 is 9.53 Å². The molecule has 0 saturated carbocycles. The number of carbonyl (C=O) groups is 1. The van der Waals surface area contributed by atoms with Gasteiger partial charge in [-0.05, 0) is 20.8 Å². The Morgan fingerprint density at radius 3 is 2.87 bits per heavy atom. The molecule has 0 aliphatic rings. The van der Waals surface area contributed by atoms with E-state index in [9.17, 15) is 4.79 Å². The lowest BCUT2D eigenvalue weighted by Crippen LogP contribution is -2.23. The molecule has 84 valence electrons. The summed E-state index contributed by atoms with van der Waals surface area (Å²) in [6, 6.07) is 0. The van der Waals surface area contributed by atoms with Crippen molar-refractivity contribution in [2.24, 2.45) is 0 Å². The fraction of sp³-hybridized carbons (Fsp3) is 0.600. The van der Waals surface area contributed by atoms with E-state index in [1.54, 1.807) is 29.3 Å². The van der Waals surface area contributed by atoms with E-state index in [2.05, 4.69) is 4.98 Å². The predicted molar refractivity (Wildman–Crippen MR) is 63.3 cm³/mol. The van der Waals surface area contributed by atoms with Crippen LogP contribution < -0.4 is 0 Å². The number of thiazole rings is 1. The Kier molecular flexibility index (Phi) is 4.60. The fourth-order valence-corrected chi connectivity index (χ4v) is 2.52. The summed E-state index contributed by atoms with van der Waals surface area (Å²) in [7, 11) is 0. The van der Waals surface area contributed by atoms with Crippen LogP contribution in [0.5, 0.6) is 0 Å². The van der Waals surface area contributed by atoms with Gasteiger partial charge in [0.05, 0.1) is 6.42 Å². The van der Waals surface area contributed by atoms with Crippen molar-refractivity contribution in [3.63, 3.8) is 0 Å². The maximum absolute atomic E-state index is 11.3. The molecule has 0 radical (unpaired) electrons. The third-order valence-electron chi connectivity index (χ3n) is 1.36. The highest BCUT2D eigenvalue weighted by molar-refractivity contribution is 8.01. The van der Waals surface area contributed by atoms with E-state index in [1.807, 2.05) is 26.2 Å². The van der Waals surface area contributed by atoms with Crippen LogP contribution in [0.1, 0.15) is 27.2 Å². The van der Waals surface area contributed by atoms with Gasteiger partial charge in [-0.25, -0.2) is 4.98 Å². The topological polar surface area (TPSA) is 39.2 Å². The Bertz CT molecular complexity index is 304. The van der Waals surface area contributed by atoms with Crippen LogP contribution in [0.3, 0.4) is 0 Å². The summed E-state index contributed by atoms with van der Waals surface area (Å²) in [5.41, 5.74) is -0.386. The second kappa shape index (κ2) is 5.51. The molecular weight excluding hydrogens is 230 g/mol. The minimum atomic E-state index is -0.386. The first-order valence-corrected chi connectivity index (χ1v) is 6.58. The summed E-state index contributed by atoms with van der Waals surface area (Å²) in [5, 5.41) is 1.93. The molecule has 0 spiro atoms. The molecule has 0 N–H and O–H groups in total. The molecule has 0 aromatic carbocycles. The maximum atomic E-state index is 11.3. The highest BCUT2D eigenvalue weighted by atomic mass is 32.2. The average Bonchev–Trinajstić information content (AvgIpc) is 2.53. The van der Waals surface area contributed by atoms with Crippen molar-refractivity contribution in [2.75, 3.05) is 5.75 Å². The van der Waals surface area contributed by atoms with Crippen molar-refractivity contribution in [2.45, 2.75) is 37.1 Å². The zero-order chi connectivity index (χ0) is 11.3. The summed E-state index contributed by atoms with van der Waals surface area (Å²) in [6.45, 7) is 5.62. The number of aromatic nitrogens is 1. The molecule has 0 bridgehead atoms. The molecule has 1 aromatic rings. The lowest BCUT2D eigenvalue weighted by Gasteiger charge is -2.19. The molecule has 0 fully saturated rings. The standard InChI is InChI=1S/C10H15NO2S2/c1-10(2,3)13-8(12)4-6-14-9-11-5-7-15-9/h5,7H,4,6H2,1-3H3. The maximum Gasteiger partial charge on any atom is 0.307 e. The number of hydrogen-bond acceptors (Lipinski definition) is 5. The SMILES string of the molecule is CC(C)(C)OC(=O)CCSc1nccs1. The Morgan fingerprint density at radius 1 is 1.60 bits per heavy atom. The van der Waals surface area contributed by atoms with Gasteiger partial charge in [-0.2, -0.15) is 0 Å². The van der Waals surface area contributed by atoms with Crippen molar-refractivity contribution in [3.05, 3.63) is 11.6 Å². The molecule has 3 nitrogen and oxygen atoms in total. The molecular formula is C10H15NO2S2. The minimum absolute atomic E-state index is 0.147. The number of esters is 1. The van der Waals surface area contributed by atoms with Crippen LogP contribution in [0.25, 0.3) is 0 Å². The van der Waals surface area contributed by atoms with Gasteiger partial charge in [-0.1, -0.05) is 11.8 Å². The van der Waals surface area contributed by atoms with Gasteiger partial charge in [0.15, 0.2) is 0 Å². The highest BCUT2D eigenvalue weighted by Crippen LogP contribution is 2.21. The van der Waals surface area contributed by atoms with Crippen LogP contribution >= 0.6 is 23.1 Å². The van der Waals surface area contributed by atoms with Gasteiger partial charge in [-0.3, -0.25) is 4.79 Å². The summed E-state index contributed by atoms with van der Waals surface area (Å²) >= 11 is 3.18. The van der Waals surface area contributed by atoms with Crippen LogP contribution in [0, 0.1) is 0 Å². The van der Waals surface area contributed by atoms with Gasteiger partial charge in [0.1, 0.15) is 9.94 Å². The Hall–Kier alpha value is -0.550. The first-order chi connectivity index (χ1) is 6.97. The summed E-state index contributed by atoms with van der Waals surface area (Å²) < 4.78 is 6.19. The summed E-state index contributed by atoms with van der Waals surface area (Å²) in [4.78, 5) is 15.5. The first-order valence-electron chi connectivity index (χ1n) is 4.71. The van der Waals surface area contributed by atoms with E-state index in [4.69, 9.17) is 4.74 Å². The summed E-state index contributed by atoms with van der Waals surface area (Å²) in [5.74, 6) is 0.578.